The van der Waals surface area contributed by atoms with Gasteiger partial charge < -0.3 is 8.98 Å². The second-order valence-electron chi connectivity index (χ2n) is 12.3. The Morgan fingerprint density at radius 1 is 0.520 bits per heavy atom. The first-order valence-corrected chi connectivity index (χ1v) is 16.1. The lowest BCUT2D eigenvalue weighted by Gasteiger charge is -2.13. The predicted molar refractivity (Wildman–Crippen MR) is 202 cm³/mol. The molecule has 230 valence electrons. The van der Waals surface area contributed by atoms with Crippen LogP contribution in [0.15, 0.2) is 150 Å². The van der Waals surface area contributed by atoms with Gasteiger partial charge in [0.2, 0.25) is 0 Å². The van der Waals surface area contributed by atoms with Crippen molar-refractivity contribution in [1.82, 2.24) is 4.57 Å². The van der Waals surface area contributed by atoms with Crippen LogP contribution in [0.4, 0.5) is 11.4 Å². The largest absolute Gasteiger partial charge is 0.455 e. The number of furan rings is 1. The van der Waals surface area contributed by atoms with Gasteiger partial charge in [-0.25, -0.2) is 9.69 Å². The van der Waals surface area contributed by atoms with Crippen LogP contribution in [0.2, 0.25) is 0 Å². The van der Waals surface area contributed by atoms with Crippen LogP contribution in [0.25, 0.3) is 92.5 Å². The Kier molecular flexibility index (Phi) is 6.56. The number of benzene rings is 7. The molecule has 0 aliphatic rings. The number of fused-ring (bicyclic) bond motifs is 6. The lowest BCUT2D eigenvalue weighted by Crippen LogP contribution is -1.94. The summed E-state index contributed by atoms with van der Waals surface area (Å²) in [6.07, 6.45) is 0. The molecule has 0 bridgehead atoms. The molecule has 0 saturated heterocycles. The molecule has 5 nitrogen and oxygen atoms in total. The molecule has 0 saturated carbocycles. The molecule has 0 aliphatic heterocycles. The Hall–Kier alpha value is -7.39. The van der Waals surface area contributed by atoms with Crippen molar-refractivity contribution < 1.29 is 4.42 Å². The first kappa shape index (κ1) is 28.8. The van der Waals surface area contributed by atoms with Crippen LogP contribution in [-0.2, 0) is 0 Å². The number of hydrogen-bond donors (Lipinski definition) is 0. The van der Waals surface area contributed by atoms with Gasteiger partial charge in [-0.3, -0.25) is 0 Å². The van der Waals surface area contributed by atoms with Crippen molar-refractivity contribution in [3.63, 3.8) is 0 Å². The van der Waals surface area contributed by atoms with Gasteiger partial charge in [-0.05, 0) is 106 Å². The van der Waals surface area contributed by atoms with Crippen molar-refractivity contribution >= 4 is 55.1 Å². The van der Waals surface area contributed by atoms with E-state index in [1.54, 1.807) is 6.07 Å². The zero-order chi connectivity index (χ0) is 33.8. The lowest BCUT2D eigenvalue weighted by molar-refractivity contribution is 0.670. The highest BCUT2D eigenvalue weighted by Gasteiger charge is 2.17. The molecule has 0 spiro atoms. The van der Waals surface area contributed by atoms with E-state index in [4.69, 9.17) is 17.6 Å². The van der Waals surface area contributed by atoms with Gasteiger partial charge in [-0.2, -0.15) is 5.26 Å². The summed E-state index contributed by atoms with van der Waals surface area (Å²) < 4.78 is 8.54. The Morgan fingerprint density at radius 3 is 2.00 bits per heavy atom. The molecule has 7 aromatic carbocycles. The average molecular weight is 637 g/mol. The third-order valence-corrected chi connectivity index (χ3v) is 9.39. The summed E-state index contributed by atoms with van der Waals surface area (Å²) in [5.74, 6) is 0. The second kappa shape index (κ2) is 11.4. The van der Waals surface area contributed by atoms with E-state index in [1.807, 2.05) is 78.9 Å². The fourth-order valence-electron chi connectivity index (χ4n) is 7.09. The van der Waals surface area contributed by atoms with Gasteiger partial charge in [0.1, 0.15) is 11.2 Å². The highest BCUT2D eigenvalue weighted by atomic mass is 16.3. The van der Waals surface area contributed by atoms with Gasteiger partial charge in [0.25, 0.3) is 0 Å². The molecule has 2 heterocycles. The van der Waals surface area contributed by atoms with Crippen LogP contribution in [0.3, 0.4) is 0 Å². The minimum absolute atomic E-state index is 0.516. The van der Waals surface area contributed by atoms with E-state index in [0.29, 0.717) is 16.9 Å². The normalized spacial score (nSPS) is 11.1. The van der Waals surface area contributed by atoms with Gasteiger partial charge in [0.15, 0.2) is 11.4 Å². The molecule has 9 rings (SSSR count). The number of nitrogens with zero attached hydrogens (tertiary/aromatic N) is 4. The van der Waals surface area contributed by atoms with Crippen LogP contribution >= 0.6 is 0 Å². The van der Waals surface area contributed by atoms with Crippen molar-refractivity contribution in [2.24, 2.45) is 0 Å². The molecule has 0 radical (unpaired) electrons. The van der Waals surface area contributed by atoms with Crippen molar-refractivity contribution in [1.29, 1.82) is 5.26 Å². The molecule has 50 heavy (non-hydrogen) atoms. The van der Waals surface area contributed by atoms with Crippen molar-refractivity contribution in [3.8, 4) is 45.1 Å². The summed E-state index contributed by atoms with van der Waals surface area (Å²) in [7, 11) is 0. The van der Waals surface area contributed by atoms with Crippen molar-refractivity contribution in [3.05, 3.63) is 174 Å². The standard InChI is InChI=1S/C45H24N4O/c1-47-34-16-18-43-40(26-34)39-19-28(27-46)15-17-42(39)49(43)36-22-32(21-35(25-36)48-2)30-11-8-12-31(20-30)33-23-38(29-9-4-3-5-10-29)45-41(24-33)37-13-6-7-14-44(37)50-45/h3-26H. The van der Waals surface area contributed by atoms with Gasteiger partial charge in [0, 0.05) is 27.4 Å². The van der Waals surface area contributed by atoms with Gasteiger partial charge in [-0.1, -0.05) is 72.8 Å². The molecule has 0 N–H and O–H groups in total. The zero-order valence-corrected chi connectivity index (χ0v) is 26.6. The van der Waals surface area contributed by atoms with Crippen LogP contribution < -0.4 is 0 Å². The number of para-hydroxylation sites is 1. The maximum atomic E-state index is 9.65. The molecule has 9 aromatic rings. The summed E-state index contributed by atoms with van der Waals surface area (Å²) >= 11 is 0. The fraction of sp³-hybridized carbons (Fsp3) is 0. The van der Waals surface area contributed by atoms with Gasteiger partial charge >= 0.3 is 0 Å². The average Bonchev–Trinajstić information content (AvgIpc) is 3.72. The van der Waals surface area contributed by atoms with E-state index in [0.717, 1.165) is 82.8 Å². The van der Waals surface area contributed by atoms with E-state index < -0.39 is 0 Å². The number of aromatic nitrogens is 1. The van der Waals surface area contributed by atoms with Crippen LogP contribution in [-0.4, -0.2) is 4.57 Å². The minimum atomic E-state index is 0.516. The molecule has 0 atom stereocenters. The van der Waals surface area contributed by atoms with E-state index in [2.05, 4.69) is 81.0 Å². The predicted octanol–water partition coefficient (Wildman–Crippen LogP) is 12.7. The summed E-state index contributed by atoms with van der Waals surface area (Å²) in [4.78, 5) is 7.52. The summed E-state index contributed by atoms with van der Waals surface area (Å²) in [6, 6.07) is 50.7. The Morgan fingerprint density at radius 2 is 1.22 bits per heavy atom. The minimum Gasteiger partial charge on any atom is -0.455 e. The maximum absolute atomic E-state index is 9.65. The molecule has 0 unspecified atom stereocenters. The third-order valence-electron chi connectivity index (χ3n) is 9.39. The van der Waals surface area contributed by atoms with Gasteiger partial charge in [-0.15, -0.1) is 0 Å². The first-order chi connectivity index (χ1) is 24.6. The van der Waals surface area contributed by atoms with Crippen LogP contribution in [0.5, 0.6) is 0 Å². The molecule has 0 fully saturated rings. The monoisotopic (exact) mass is 636 g/mol. The Balaban J connectivity index is 1.23. The molecule has 0 aliphatic carbocycles. The van der Waals surface area contributed by atoms with E-state index in [9.17, 15) is 5.26 Å². The Bertz CT molecular complexity index is 2890. The van der Waals surface area contributed by atoms with Crippen molar-refractivity contribution in [2.45, 2.75) is 0 Å². The third kappa shape index (κ3) is 4.61. The molecular formula is C45H24N4O. The highest BCUT2D eigenvalue weighted by Crippen LogP contribution is 2.41. The SMILES string of the molecule is [C-]#[N+]c1cc(-c2cccc(-c3cc(-c4ccccc4)c4oc5ccccc5c4c3)c2)cc(-n2c3ccc(C#N)cc3c3cc([N+]#[C-])ccc32)c1. The summed E-state index contributed by atoms with van der Waals surface area (Å²) in [6.45, 7) is 15.6. The number of rotatable bonds is 4. The van der Waals surface area contributed by atoms with E-state index in [-0.39, 0.29) is 0 Å². The summed E-state index contributed by atoms with van der Waals surface area (Å²) in [5, 5.41) is 13.6. The van der Waals surface area contributed by atoms with Gasteiger partial charge in [0.05, 0.1) is 35.8 Å². The highest BCUT2D eigenvalue weighted by molar-refractivity contribution is 6.12. The lowest BCUT2D eigenvalue weighted by atomic mass is 9.94. The fourth-order valence-corrected chi connectivity index (χ4v) is 7.09. The maximum Gasteiger partial charge on any atom is 0.189 e. The molecular weight excluding hydrogens is 613 g/mol. The molecule has 2 aromatic heterocycles. The zero-order valence-electron chi connectivity index (χ0n) is 26.6. The smallest absolute Gasteiger partial charge is 0.189 e. The van der Waals surface area contributed by atoms with Crippen LogP contribution in [0, 0.1) is 24.5 Å². The van der Waals surface area contributed by atoms with E-state index in [1.165, 1.54) is 0 Å². The first-order valence-electron chi connectivity index (χ1n) is 16.1. The van der Waals surface area contributed by atoms with E-state index >= 15 is 0 Å². The van der Waals surface area contributed by atoms with Crippen molar-refractivity contribution in [2.75, 3.05) is 0 Å². The van der Waals surface area contributed by atoms with Crippen LogP contribution in [0.1, 0.15) is 5.56 Å². The molecule has 0 amide bonds. The quantitative estimate of drug-likeness (QED) is 0.181. The number of hydrogen-bond acceptors (Lipinski definition) is 2. The number of nitriles is 1. The Labute approximate surface area is 287 Å². The summed E-state index contributed by atoms with van der Waals surface area (Å²) in [5.41, 5.74) is 12.1. The topological polar surface area (TPSA) is 50.6 Å². The molecule has 5 heteroatoms. The second-order valence-corrected chi connectivity index (χ2v) is 12.3.